The number of thiazole rings is 1. The Morgan fingerprint density at radius 2 is 2.04 bits per heavy atom. The highest BCUT2D eigenvalue weighted by Gasteiger charge is 2.38. The third kappa shape index (κ3) is 4.22. The maximum absolute atomic E-state index is 12.4. The van der Waals surface area contributed by atoms with Crippen molar-refractivity contribution in [2.75, 3.05) is 0 Å². The van der Waals surface area contributed by atoms with Gasteiger partial charge in [0, 0.05) is 17.0 Å². The molecule has 1 saturated carbocycles. The van der Waals surface area contributed by atoms with Gasteiger partial charge in [0.05, 0.1) is 18.3 Å². The standard InChI is InChI=1S/C19H23N3OS.ClH/c23-18(17-10-14-8-4-5-9-16(14)22-17)20-11-15-12-24-19(21-15)13-6-2-1-3-7-13;/h1-3,6-7,12,14,16-17,22H,4-5,8-11H2,(H,20,23);1H. The summed E-state index contributed by atoms with van der Waals surface area (Å²) < 4.78 is 0. The average Bonchev–Trinajstić information content (AvgIpc) is 3.27. The maximum Gasteiger partial charge on any atom is 0.237 e. The molecule has 0 radical (unpaired) electrons. The third-order valence-electron chi connectivity index (χ3n) is 5.20. The van der Waals surface area contributed by atoms with Gasteiger partial charge in [-0.15, -0.1) is 23.7 Å². The Hall–Kier alpha value is -1.43. The van der Waals surface area contributed by atoms with E-state index in [1.165, 1.54) is 25.7 Å². The maximum atomic E-state index is 12.4. The van der Waals surface area contributed by atoms with Crippen molar-refractivity contribution in [1.29, 1.82) is 0 Å². The minimum Gasteiger partial charge on any atom is -0.349 e. The Morgan fingerprint density at radius 3 is 2.84 bits per heavy atom. The minimum atomic E-state index is -0.0228. The van der Waals surface area contributed by atoms with Crippen molar-refractivity contribution >= 4 is 29.7 Å². The topological polar surface area (TPSA) is 54.0 Å². The molecule has 2 N–H and O–H groups in total. The van der Waals surface area contributed by atoms with Crippen LogP contribution in [0.5, 0.6) is 0 Å². The van der Waals surface area contributed by atoms with Gasteiger partial charge in [-0.3, -0.25) is 4.79 Å². The Morgan fingerprint density at radius 1 is 1.24 bits per heavy atom. The summed E-state index contributed by atoms with van der Waals surface area (Å²) in [6.07, 6.45) is 6.10. The van der Waals surface area contributed by atoms with Crippen LogP contribution in [0.25, 0.3) is 10.6 Å². The first-order valence-electron chi connectivity index (χ1n) is 8.83. The molecule has 4 nitrogen and oxygen atoms in total. The molecule has 1 saturated heterocycles. The molecule has 1 aromatic heterocycles. The SMILES string of the molecule is Cl.O=C(NCc1csc(-c2ccccc2)n1)C1CC2CCCCC2N1. The summed E-state index contributed by atoms with van der Waals surface area (Å²) in [5.41, 5.74) is 2.06. The number of carbonyl (C=O) groups excluding carboxylic acids is 1. The molecule has 1 amide bonds. The second-order valence-corrected chi connectivity index (χ2v) is 7.69. The van der Waals surface area contributed by atoms with Crippen LogP contribution in [0.2, 0.25) is 0 Å². The summed E-state index contributed by atoms with van der Waals surface area (Å²) in [7, 11) is 0. The molecular weight excluding hydrogens is 354 g/mol. The number of hydrogen-bond donors (Lipinski definition) is 2. The number of hydrogen-bond acceptors (Lipinski definition) is 4. The highest BCUT2D eigenvalue weighted by molar-refractivity contribution is 7.13. The number of aromatic nitrogens is 1. The van der Waals surface area contributed by atoms with Crippen LogP contribution >= 0.6 is 23.7 Å². The molecule has 1 aliphatic carbocycles. The van der Waals surface area contributed by atoms with E-state index in [1.54, 1.807) is 11.3 Å². The Bertz CT molecular complexity index is 692. The van der Waals surface area contributed by atoms with Crippen LogP contribution in [0.15, 0.2) is 35.7 Å². The van der Waals surface area contributed by atoms with Gasteiger partial charge in [0.15, 0.2) is 0 Å². The van der Waals surface area contributed by atoms with Crippen LogP contribution < -0.4 is 10.6 Å². The van der Waals surface area contributed by atoms with Gasteiger partial charge in [-0.1, -0.05) is 43.2 Å². The van der Waals surface area contributed by atoms with Crippen LogP contribution in [-0.4, -0.2) is 23.0 Å². The summed E-state index contributed by atoms with van der Waals surface area (Å²) in [6, 6.07) is 10.7. The Kier molecular flexibility index (Phi) is 6.10. The van der Waals surface area contributed by atoms with Gasteiger partial charge in [0.1, 0.15) is 5.01 Å². The zero-order valence-corrected chi connectivity index (χ0v) is 15.7. The fraction of sp³-hybridized carbons (Fsp3) is 0.474. The zero-order valence-electron chi connectivity index (χ0n) is 14.1. The number of carbonyl (C=O) groups is 1. The van der Waals surface area contributed by atoms with E-state index in [0.717, 1.165) is 22.7 Å². The number of halogens is 1. The lowest BCUT2D eigenvalue weighted by molar-refractivity contribution is -0.123. The Balaban J connectivity index is 0.00000182. The van der Waals surface area contributed by atoms with Crippen LogP contribution in [0.1, 0.15) is 37.8 Å². The quantitative estimate of drug-likeness (QED) is 0.852. The normalized spacial score (nSPS) is 25.0. The molecule has 25 heavy (non-hydrogen) atoms. The molecule has 134 valence electrons. The van der Waals surface area contributed by atoms with Crippen LogP contribution in [0, 0.1) is 5.92 Å². The van der Waals surface area contributed by atoms with Crippen molar-refractivity contribution in [2.24, 2.45) is 5.92 Å². The van der Waals surface area contributed by atoms with E-state index in [0.29, 0.717) is 18.5 Å². The van der Waals surface area contributed by atoms with E-state index in [9.17, 15) is 4.79 Å². The summed E-state index contributed by atoms with van der Waals surface area (Å²) in [5, 5.41) is 9.62. The molecule has 2 aromatic rings. The Labute approximate surface area is 158 Å². The predicted octanol–water partition coefficient (Wildman–Crippen LogP) is 3.77. The number of nitrogens with one attached hydrogen (secondary N) is 2. The van der Waals surface area contributed by atoms with Crippen molar-refractivity contribution in [3.63, 3.8) is 0 Å². The van der Waals surface area contributed by atoms with E-state index < -0.39 is 0 Å². The summed E-state index contributed by atoms with van der Waals surface area (Å²) in [4.78, 5) is 17.1. The number of rotatable bonds is 4. The minimum absolute atomic E-state index is 0. The second kappa shape index (κ2) is 8.30. The van der Waals surface area contributed by atoms with Crippen molar-refractivity contribution in [3.05, 3.63) is 41.4 Å². The van der Waals surface area contributed by atoms with Gasteiger partial charge in [-0.25, -0.2) is 4.98 Å². The van der Waals surface area contributed by atoms with Crippen molar-refractivity contribution < 1.29 is 4.79 Å². The second-order valence-electron chi connectivity index (χ2n) is 6.83. The van der Waals surface area contributed by atoms with Crippen molar-refractivity contribution in [1.82, 2.24) is 15.6 Å². The van der Waals surface area contributed by atoms with E-state index in [1.807, 2.05) is 23.6 Å². The van der Waals surface area contributed by atoms with E-state index in [2.05, 4.69) is 27.8 Å². The smallest absolute Gasteiger partial charge is 0.237 e. The van der Waals surface area contributed by atoms with Gasteiger partial charge in [0.2, 0.25) is 5.91 Å². The lowest BCUT2D eigenvalue weighted by Gasteiger charge is -2.24. The van der Waals surface area contributed by atoms with Crippen molar-refractivity contribution in [3.8, 4) is 10.6 Å². The van der Waals surface area contributed by atoms with Gasteiger partial charge >= 0.3 is 0 Å². The molecule has 4 rings (SSSR count). The largest absolute Gasteiger partial charge is 0.349 e. The molecule has 2 aliphatic rings. The number of benzene rings is 1. The number of nitrogens with zero attached hydrogens (tertiary/aromatic N) is 1. The third-order valence-corrected chi connectivity index (χ3v) is 6.14. The lowest BCUT2D eigenvalue weighted by Crippen LogP contribution is -2.42. The highest BCUT2D eigenvalue weighted by Crippen LogP contribution is 2.33. The predicted molar refractivity (Wildman–Crippen MR) is 104 cm³/mol. The summed E-state index contributed by atoms with van der Waals surface area (Å²) in [5.74, 6) is 0.817. The van der Waals surface area contributed by atoms with E-state index in [-0.39, 0.29) is 24.4 Å². The molecule has 2 heterocycles. The van der Waals surface area contributed by atoms with Crippen LogP contribution in [0.4, 0.5) is 0 Å². The summed E-state index contributed by atoms with van der Waals surface area (Å²) >= 11 is 1.62. The summed E-state index contributed by atoms with van der Waals surface area (Å²) in [6.45, 7) is 0.510. The monoisotopic (exact) mass is 377 g/mol. The number of amides is 1. The van der Waals surface area contributed by atoms with Gasteiger partial charge in [-0.05, 0) is 25.2 Å². The van der Waals surface area contributed by atoms with Crippen LogP contribution in [0.3, 0.4) is 0 Å². The fourth-order valence-corrected chi connectivity index (χ4v) is 4.75. The van der Waals surface area contributed by atoms with Gasteiger partial charge in [0.25, 0.3) is 0 Å². The molecule has 3 atom stereocenters. The molecule has 1 aliphatic heterocycles. The molecule has 0 spiro atoms. The molecule has 0 bridgehead atoms. The zero-order chi connectivity index (χ0) is 16.4. The van der Waals surface area contributed by atoms with Gasteiger partial charge < -0.3 is 10.6 Å². The molecule has 6 heteroatoms. The highest BCUT2D eigenvalue weighted by atomic mass is 35.5. The fourth-order valence-electron chi connectivity index (χ4n) is 3.92. The van der Waals surface area contributed by atoms with E-state index >= 15 is 0 Å². The van der Waals surface area contributed by atoms with Crippen LogP contribution in [-0.2, 0) is 11.3 Å². The molecule has 2 fully saturated rings. The lowest BCUT2D eigenvalue weighted by atomic mass is 9.85. The first-order valence-corrected chi connectivity index (χ1v) is 9.71. The molecular formula is C19H24ClN3OS. The van der Waals surface area contributed by atoms with Gasteiger partial charge in [-0.2, -0.15) is 0 Å². The average molecular weight is 378 g/mol. The molecule has 1 aromatic carbocycles. The molecule has 3 unspecified atom stereocenters. The van der Waals surface area contributed by atoms with Crippen molar-refractivity contribution in [2.45, 2.75) is 50.7 Å². The number of fused-ring (bicyclic) bond motifs is 1. The van der Waals surface area contributed by atoms with E-state index in [4.69, 9.17) is 0 Å². The first kappa shape index (κ1) is 18.4. The first-order chi connectivity index (χ1) is 11.8.